The highest BCUT2D eigenvalue weighted by atomic mass is 79.9. The Morgan fingerprint density at radius 1 is 1.04 bits per heavy atom. The number of nitrogens with one attached hydrogen (secondary N) is 2. The minimum atomic E-state index is 0.521. The van der Waals surface area contributed by atoms with Crippen LogP contribution in [0.25, 0.3) is 0 Å². The Kier molecular flexibility index (Phi) is 8.42. The molecule has 0 bridgehead atoms. The van der Waals surface area contributed by atoms with Crippen molar-refractivity contribution in [3.63, 3.8) is 0 Å². The number of benzene rings is 1. The van der Waals surface area contributed by atoms with E-state index in [-0.39, 0.29) is 0 Å². The number of aliphatic imine (C=N–C) groups is 1. The summed E-state index contributed by atoms with van der Waals surface area (Å²) >= 11 is 3.51. The van der Waals surface area contributed by atoms with Gasteiger partial charge in [-0.1, -0.05) is 34.5 Å². The van der Waals surface area contributed by atoms with E-state index in [2.05, 4.69) is 65.6 Å². The van der Waals surface area contributed by atoms with Gasteiger partial charge in [0.2, 0.25) is 0 Å². The Balaban J connectivity index is 1.34. The zero-order chi connectivity index (χ0) is 18.9. The summed E-state index contributed by atoms with van der Waals surface area (Å²) in [6.45, 7) is 7.92. The van der Waals surface area contributed by atoms with Gasteiger partial charge in [-0.2, -0.15) is 0 Å². The summed E-state index contributed by atoms with van der Waals surface area (Å²) in [5, 5.41) is 7.12. The third-order valence-corrected chi connectivity index (χ3v) is 6.17. The first-order chi connectivity index (χ1) is 13.2. The largest absolute Gasteiger partial charge is 0.355 e. The number of halogens is 1. The van der Waals surface area contributed by atoms with E-state index >= 15 is 0 Å². The highest BCUT2D eigenvalue weighted by molar-refractivity contribution is 9.10. The van der Waals surface area contributed by atoms with Crippen molar-refractivity contribution in [3.8, 4) is 0 Å². The number of hydrogen-bond donors (Lipinski definition) is 2. The molecular formula is C21H34BrN5. The monoisotopic (exact) mass is 435 g/mol. The molecular weight excluding hydrogens is 402 g/mol. The van der Waals surface area contributed by atoms with Crippen molar-refractivity contribution in [3.05, 3.63) is 34.3 Å². The van der Waals surface area contributed by atoms with Crippen molar-refractivity contribution in [2.45, 2.75) is 44.7 Å². The van der Waals surface area contributed by atoms with Gasteiger partial charge in [-0.25, -0.2) is 0 Å². The SMILES string of the molecule is CN=C(NCCN1CCCCC1)NC1CCN(Cc2ccc(Br)cc2)CC1. The fourth-order valence-corrected chi connectivity index (χ4v) is 4.25. The first kappa shape index (κ1) is 20.6. The molecule has 0 atom stereocenters. The first-order valence-corrected chi connectivity index (χ1v) is 11.2. The van der Waals surface area contributed by atoms with E-state index in [4.69, 9.17) is 0 Å². The predicted molar refractivity (Wildman–Crippen MR) is 117 cm³/mol. The molecule has 2 N–H and O–H groups in total. The molecule has 2 aliphatic heterocycles. The average molecular weight is 436 g/mol. The Morgan fingerprint density at radius 3 is 2.41 bits per heavy atom. The molecule has 2 aliphatic rings. The van der Waals surface area contributed by atoms with Crippen molar-refractivity contribution in [1.82, 2.24) is 20.4 Å². The summed E-state index contributed by atoms with van der Waals surface area (Å²) < 4.78 is 1.15. The minimum Gasteiger partial charge on any atom is -0.355 e. The van der Waals surface area contributed by atoms with E-state index < -0.39 is 0 Å². The molecule has 2 fully saturated rings. The average Bonchev–Trinajstić information content (AvgIpc) is 2.71. The fraction of sp³-hybridized carbons (Fsp3) is 0.667. The van der Waals surface area contributed by atoms with Crippen LogP contribution in [0.2, 0.25) is 0 Å². The molecule has 2 saturated heterocycles. The van der Waals surface area contributed by atoms with Gasteiger partial charge < -0.3 is 15.5 Å². The van der Waals surface area contributed by atoms with Crippen LogP contribution in [0.15, 0.2) is 33.7 Å². The van der Waals surface area contributed by atoms with Crippen LogP contribution in [0, 0.1) is 0 Å². The third kappa shape index (κ3) is 7.09. The molecule has 0 aliphatic carbocycles. The normalized spacial score (nSPS) is 20.6. The van der Waals surface area contributed by atoms with Gasteiger partial charge in [0.05, 0.1) is 0 Å². The van der Waals surface area contributed by atoms with Crippen molar-refractivity contribution >= 4 is 21.9 Å². The number of rotatable bonds is 6. The second-order valence-electron chi connectivity index (χ2n) is 7.72. The Bertz CT molecular complexity index is 575. The summed E-state index contributed by atoms with van der Waals surface area (Å²) in [6, 6.07) is 9.20. The van der Waals surface area contributed by atoms with Crippen LogP contribution in [-0.4, -0.2) is 68.1 Å². The van der Waals surface area contributed by atoms with E-state index in [9.17, 15) is 0 Å². The summed E-state index contributed by atoms with van der Waals surface area (Å²) in [6.07, 6.45) is 6.44. The summed E-state index contributed by atoms with van der Waals surface area (Å²) in [4.78, 5) is 9.53. The Labute approximate surface area is 172 Å². The van der Waals surface area contributed by atoms with Gasteiger partial charge in [0.15, 0.2) is 5.96 Å². The van der Waals surface area contributed by atoms with Crippen LogP contribution < -0.4 is 10.6 Å². The van der Waals surface area contributed by atoms with Gasteiger partial charge in [-0.3, -0.25) is 9.89 Å². The molecule has 0 aromatic heterocycles. The van der Waals surface area contributed by atoms with Crippen LogP contribution in [0.3, 0.4) is 0 Å². The number of hydrogen-bond acceptors (Lipinski definition) is 3. The number of likely N-dealkylation sites (tertiary alicyclic amines) is 2. The standard InChI is InChI=1S/C21H34BrN5/c1-23-21(24-11-16-26-12-3-2-4-13-26)25-20-9-14-27(15-10-20)17-18-5-7-19(22)8-6-18/h5-8,20H,2-4,9-17H2,1H3,(H2,23,24,25). The van der Waals surface area contributed by atoms with E-state index in [1.54, 1.807) is 0 Å². The summed E-state index contributed by atoms with van der Waals surface area (Å²) in [7, 11) is 1.87. The molecule has 27 heavy (non-hydrogen) atoms. The van der Waals surface area contributed by atoms with E-state index in [0.717, 1.165) is 43.2 Å². The van der Waals surface area contributed by atoms with Crippen LogP contribution >= 0.6 is 15.9 Å². The highest BCUT2D eigenvalue weighted by Gasteiger charge is 2.20. The van der Waals surface area contributed by atoms with E-state index in [0.29, 0.717) is 6.04 Å². The fourth-order valence-electron chi connectivity index (χ4n) is 3.99. The Morgan fingerprint density at radius 2 is 1.74 bits per heavy atom. The topological polar surface area (TPSA) is 42.9 Å². The second-order valence-corrected chi connectivity index (χ2v) is 8.64. The van der Waals surface area contributed by atoms with Gasteiger partial charge in [0, 0.05) is 50.3 Å². The molecule has 1 aromatic carbocycles. The highest BCUT2D eigenvalue weighted by Crippen LogP contribution is 2.16. The maximum absolute atomic E-state index is 4.42. The molecule has 0 unspecified atom stereocenters. The van der Waals surface area contributed by atoms with Crippen molar-refractivity contribution in [2.75, 3.05) is 46.3 Å². The molecule has 0 spiro atoms. The van der Waals surface area contributed by atoms with Gasteiger partial charge >= 0.3 is 0 Å². The molecule has 150 valence electrons. The maximum Gasteiger partial charge on any atom is 0.191 e. The molecule has 5 nitrogen and oxygen atoms in total. The minimum absolute atomic E-state index is 0.521. The van der Waals surface area contributed by atoms with Crippen molar-refractivity contribution < 1.29 is 0 Å². The van der Waals surface area contributed by atoms with Crippen LogP contribution in [0.1, 0.15) is 37.7 Å². The van der Waals surface area contributed by atoms with Crippen LogP contribution in [0.5, 0.6) is 0 Å². The zero-order valence-corrected chi connectivity index (χ0v) is 18.2. The van der Waals surface area contributed by atoms with Gasteiger partial charge in [0.25, 0.3) is 0 Å². The zero-order valence-electron chi connectivity index (χ0n) is 16.6. The number of nitrogens with zero attached hydrogens (tertiary/aromatic N) is 3. The number of piperidine rings is 2. The molecule has 0 amide bonds. The maximum atomic E-state index is 4.42. The van der Waals surface area contributed by atoms with E-state index in [1.165, 1.54) is 50.8 Å². The van der Waals surface area contributed by atoms with Crippen molar-refractivity contribution in [2.24, 2.45) is 4.99 Å². The second kappa shape index (κ2) is 11.0. The molecule has 1 aromatic rings. The lowest BCUT2D eigenvalue weighted by atomic mass is 10.0. The third-order valence-electron chi connectivity index (χ3n) is 5.64. The predicted octanol–water partition coefficient (Wildman–Crippen LogP) is 3.06. The van der Waals surface area contributed by atoms with Crippen LogP contribution in [0.4, 0.5) is 0 Å². The lowest BCUT2D eigenvalue weighted by molar-refractivity contribution is 0.198. The Hall–Kier alpha value is -1.11. The summed E-state index contributed by atoms with van der Waals surface area (Å²) in [5.74, 6) is 0.957. The van der Waals surface area contributed by atoms with Gasteiger partial charge in [0.1, 0.15) is 0 Å². The lowest BCUT2D eigenvalue weighted by Gasteiger charge is -2.33. The summed E-state index contributed by atoms with van der Waals surface area (Å²) in [5.41, 5.74) is 1.39. The van der Waals surface area contributed by atoms with E-state index in [1.807, 2.05) is 7.05 Å². The van der Waals surface area contributed by atoms with Gasteiger partial charge in [-0.05, 0) is 56.5 Å². The first-order valence-electron chi connectivity index (χ1n) is 10.4. The lowest BCUT2D eigenvalue weighted by Crippen LogP contribution is -2.49. The number of guanidine groups is 1. The van der Waals surface area contributed by atoms with Gasteiger partial charge in [-0.15, -0.1) is 0 Å². The van der Waals surface area contributed by atoms with Crippen LogP contribution in [-0.2, 0) is 6.54 Å². The molecule has 2 heterocycles. The molecule has 6 heteroatoms. The molecule has 0 saturated carbocycles. The molecule has 0 radical (unpaired) electrons. The quantitative estimate of drug-likeness (QED) is 0.532. The smallest absolute Gasteiger partial charge is 0.191 e. The van der Waals surface area contributed by atoms with Crippen molar-refractivity contribution in [1.29, 1.82) is 0 Å². The molecule has 3 rings (SSSR count).